The molecule has 0 atom stereocenters. The van der Waals surface area contributed by atoms with E-state index in [9.17, 15) is 4.79 Å². The van der Waals surface area contributed by atoms with Crippen molar-refractivity contribution in [3.05, 3.63) is 59.1 Å². The summed E-state index contributed by atoms with van der Waals surface area (Å²) in [6, 6.07) is 11.1. The molecular weight excluding hydrogens is 344 g/mol. The zero-order valence-corrected chi connectivity index (χ0v) is 14.6. The molecule has 0 aliphatic rings. The molecule has 25 heavy (non-hydrogen) atoms. The molecule has 0 spiro atoms. The molecule has 8 heteroatoms. The molecule has 0 saturated heterocycles. The van der Waals surface area contributed by atoms with Crippen LogP contribution in [0, 0.1) is 0 Å². The van der Waals surface area contributed by atoms with Crippen molar-refractivity contribution >= 4 is 17.6 Å². The van der Waals surface area contributed by atoms with E-state index in [0.717, 1.165) is 5.69 Å². The molecule has 0 unspecified atom stereocenters. The van der Waals surface area contributed by atoms with Crippen LogP contribution in [0.2, 0.25) is 5.15 Å². The van der Waals surface area contributed by atoms with Crippen molar-refractivity contribution in [3.63, 3.8) is 0 Å². The van der Waals surface area contributed by atoms with Crippen LogP contribution in [0.5, 0.6) is 5.75 Å². The lowest BCUT2D eigenvalue weighted by molar-refractivity contribution is 0.0514. The van der Waals surface area contributed by atoms with E-state index in [2.05, 4.69) is 10.2 Å². The number of carbonyl (C=O) groups is 1. The van der Waals surface area contributed by atoms with Crippen LogP contribution in [-0.2, 0) is 18.4 Å². The van der Waals surface area contributed by atoms with Crippen LogP contribution in [0.3, 0.4) is 0 Å². The highest BCUT2D eigenvalue weighted by molar-refractivity contribution is 6.29. The molecule has 0 fully saturated rings. The van der Waals surface area contributed by atoms with Crippen LogP contribution in [0.15, 0.2) is 42.6 Å². The number of aryl methyl sites for hydroxylation is 1. The Bertz CT molecular complexity index is 854. The van der Waals surface area contributed by atoms with Gasteiger partial charge in [0.15, 0.2) is 5.75 Å². The highest BCUT2D eigenvalue weighted by Crippen LogP contribution is 2.22. The number of esters is 1. The lowest BCUT2D eigenvalue weighted by Gasteiger charge is -2.03. The maximum atomic E-state index is 12.2. The van der Waals surface area contributed by atoms with Crippen LogP contribution >= 0.6 is 11.6 Å². The number of benzene rings is 1. The summed E-state index contributed by atoms with van der Waals surface area (Å²) >= 11 is 5.97. The Morgan fingerprint density at radius 1 is 1.24 bits per heavy atom. The number of aromatic nitrogens is 4. The van der Waals surface area contributed by atoms with Crippen LogP contribution in [-0.4, -0.2) is 32.1 Å². The first-order chi connectivity index (χ1) is 12.1. The van der Waals surface area contributed by atoms with E-state index in [4.69, 9.17) is 21.1 Å². The van der Waals surface area contributed by atoms with Gasteiger partial charge in [0, 0.05) is 13.1 Å². The standard InChI is InChI=1S/C17H17ClN4O3/c1-3-24-17(23)16-14(25-11-12-9-15(18)21(2)19-12)10-22(20-16)13-7-5-4-6-8-13/h4-10H,3,11H2,1-2H3. The molecule has 0 saturated carbocycles. The molecule has 3 rings (SSSR count). The van der Waals surface area contributed by atoms with Gasteiger partial charge in [-0.15, -0.1) is 0 Å². The minimum absolute atomic E-state index is 0.118. The Hall–Kier alpha value is -2.80. The van der Waals surface area contributed by atoms with Gasteiger partial charge < -0.3 is 9.47 Å². The minimum Gasteiger partial charge on any atom is -0.483 e. The Balaban J connectivity index is 1.87. The highest BCUT2D eigenvalue weighted by Gasteiger charge is 2.20. The molecule has 3 aromatic rings. The largest absolute Gasteiger partial charge is 0.483 e. The first-order valence-electron chi connectivity index (χ1n) is 7.72. The number of carbonyl (C=O) groups excluding carboxylic acids is 1. The van der Waals surface area contributed by atoms with Crippen molar-refractivity contribution < 1.29 is 14.3 Å². The lowest BCUT2D eigenvalue weighted by atomic mass is 10.3. The van der Waals surface area contributed by atoms with E-state index in [1.807, 2.05) is 30.3 Å². The predicted octanol–water partition coefficient (Wildman–Crippen LogP) is 3.01. The van der Waals surface area contributed by atoms with Crippen molar-refractivity contribution in [2.75, 3.05) is 6.61 Å². The first-order valence-corrected chi connectivity index (χ1v) is 8.09. The molecular formula is C17H17ClN4O3. The number of halogens is 1. The number of nitrogens with zero attached hydrogens (tertiary/aromatic N) is 4. The molecule has 0 bridgehead atoms. The van der Waals surface area contributed by atoms with Gasteiger partial charge in [0.05, 0.1) is 18.5 Å². The van der Waals surface area contributed by atoms with E-state index >= 15 is 0 Å². The Morgan fingerprint density at radius 2 is 2.00 bits per heavy atom. The average Bonchev–Trinajstić information content (AvgIpc) is 3.18. The lowest BCUT2D eigenvalue weighted by Crippen LogP contribution is -2.08. The molecule has 2 aromatic heterocycles. The smallest absolute Gasteiger partial charge is 0.362 e. The van der Waals surface area contributed by atoms with Crippen LogP contribution in [0.1, 0.15) is 23.1 Å². The molecule has 0 aliphatic carbocycles. The fourth-order valence-corrected chi connectivity index (χ4v) is 2.40. The zero-order valence-electron chi connectivity index (χ0n) is 13.8. The molecule has 0 aliphatic heterocycles. The van der Waals surface area contributed by atoms with Gasteiger partial charge in [0.25, 0.3) is 0 Å². The Labute approximate surface area is 149 Å². The van der Waals surface area contributed by atoms with Crippen molar-refractivity contribution in [2.24, 2.45) is 7.05 Å². The van der Waals surface area contributed by atoms with Gasteiger partial charge in [-0.3, -0.25) is 4.68 Å². The normalized spacial score (nSPS) is 10.7. The third-order valence-electron chi connectivity index (χ3n) is 3.42. The zero-order chi connectivity index (χ0) is 17.8. The fraction of sp³-hybridized carbons (Fsp3) is 0.235. The molecule has 0 N–H and O–H groups in total. The van der Waals surface area contributed by atoms with Gasteiger partial charge in [-0.1, -0.05) is 29.8 Å². The summed E-state index contributed by atoms with van der Waals surface area (Å²) in [6.07, 6.45) is 1.64. The van der Waals surface area contributed by atoms with Crippen LogP contribution < -0.4 is 4.74 Å². The topological polar surface area (TPSA) is 71.2 Å². The summed E-state index contributed by atoms with van der Waals surface area (Å²) in [5.41, 5.74) is 1.58. The van der Waals surface area contributed by atoms with Crippen molar-refractivity contribution in [1.29, 1.82) is 0 Å². The van der Waals surface area contributed by atoms with E-state index in [-0.39, 0.29) is 18.9 Å². The maximum absolute atomic E-state index is 12.2. The Kier molecular flexibility index (Phi) is 5.04. The first kappa shape index (κ1) is 17.0. The van der Waals surface area contributed by atoms with Gasteiger partial charge in [-0.05, 0) is 19.1 Å². The molecule has 130 valence electrons. The second kappa shape index (κ2) is 7.40. The van der Waals surface area contributed by atoms with Crippen molar-refractivity contribution in [2.45, 2.75) is 13.5 Å². The van der Waals surface area contributed by atoms with Gasteiger partial charge in [-0.25, -0.2) is 9.48 Å². The number of hydrogen-bond donors (Lipinski definition) is 0. The van der Waals surface area contributed by atoms with Gasteiger partial charge >= 0.3 is 5.97 Å². The molecule has 0 radical (unpaired) electrons. The van der Waals surface area contributed by atoms with Crippen LogP contribution in [0.4, 0.5) is 0 Å². The fourth-order valence-electron chi connectivity index (χ4n) is 2.24. The minimum atomic E-state index is -0.536. The number of rotatable bonds is 6. The van der Waals surface area contributed by atoms with Crippen molar-refractivity contribution in [3.8, 4) is 11.4 Å². The van der Waals surface area contributed by atoms with Gasteiger partial charge in [-0.2, -0.15) is 10.2 Å². The summed E-state index contributed by atoms with van der Waals surface area (Å²) in [5.74, 6) is -0.213. The molecule has 2 heterocycles. The van der Waals surface area contributed by atoms with E-state index in [1.165, 1.54) is 0 Å². The highest BCUT2D eigenvalue weighted by atomic mass is 35.5. The summed E-state index contributed by atoms with van der Waals surface area (Å²) in [6.45, 7) is 2.16. The van der Waals surface area contributed by atoms with E-state index in [0.29, 0.717) is 16.6 Å². The second-order valence-corrected chi connectivity index (χ2v) is 5.60. The number of para-hydroxylation sites is 1. The molecule has 1 aromatic carbocycles. The summed E-state index contributed by atoms with van der Waals surface area (Å²) in [7, 11) is 1.74. The number of ether oxygens (including phenoxy) is 2. The van der Waals surface area contributed by atoms with E-state index in [1.54, 1.807) is 35.6 Å². The van der Waals surface area contributed by atoms with Gasteiger partial charge in [0.2, 0.25) is 5.69 Å². The quantitative estimate of drug-likeness (QED) is 0.632. The van der Waals surface area contributed by atoms with Crippen LogP contribution in [0.25, 0.3) is 5.69 Å². The molecule has 7 nitrogen and oxygen atoms in total. The summed E-state index contributed by atoms with van der Waals surface area (Å²) in [4.78, 5) is 12.2. The maximum Gasteiger partial charge on any atom is 0.362 e. The van der Waals surface area contributed by atoms with Crippen molar-refractivity contribution in [1.82, 2.24) is 19.6 Å². The molecule has 0 amide bonds. The summed E-state index contributed by atoms with van der Waals surface area (Å²) in [5, 5.41) is 9.02. The predicted molar refractivity (Wildman–Crippen MR) is 92.1 cm³/mol. The average molecular weight is 361 g/mol. The van der Waals surface area contributed by atoms with Gasteiger partial charge in [0.1, 0.15) is 17.5 Å². The number of hydrogen-bond acceptors (Lipinski definition) is 5. The Morgan fingerprint density at radius 3 is 2.64 bits per heavy atom. The SMILES string of the molecule is CCOC(=O)c1nn(-c2ccccc2)cc1OCc1cc(Cl)n(C)n1. The third-order valence-corrected chi connectivity index (χ3v) is 3.77. The third kappa shape index (κ3) is 3.83. The second-order valence-electron chi connectivity index (χ2n) is 5.21. The summed E-state index contributed by atoms with van der Waals surface area (Å²) < 4.78 is 13.9. The van der Waals surface area contributed by atoms with E-state index < -0.39 is 5.97 Å². The monoisotopic (exact) mass is 360 g/mol.